The lowest BCUT2D eigenvalue weighted by atomic mass is 10.1. The normalized spacial score (nSPS) is 14.3. The van der Waals surface area contributed by atoms with Crippen LogP contribution in [0.4, 0.5) is 11.6 Å². The number of rotatable bonds is 0. The van der Waals surface area contributed by atoms with Gasteiger partial charge in [-0.25, -0.2) is 19.9 Å². The minimum Gasteiger partial charge on any atom is -0.369 e. The number of hydrogen-bond donors (Lipinski definition) is 2. The van der Waals surface area contributed by atoms with Crippen molar-refractivity contribution < 1.29 is 19.1 Å². The Kier molecular flexibility index (Phi) is 7.41. The zero-order valence-corrected chi connectivity index (χ0v) is 23.5. The number of pyridine rings is 4. The highest BCUT2D eigenvalue weighted by Crippen LogP contribution is 2.24. The minimum absolute atomic E-state index is 0.225. The van der Waals surface area contributed by atoms with Gasteiger partial charge in [-0.15, -0.1) is 0 Å². The third-order valence-electron chi connectivity index (χ3n) is 7.12. The number of carbonyl (C=O) groups is 2. The lowest BCUT2D eigenvalue weighted by Gasteiger charge is -2.09. The molecule has 1 aliphatic rings. The van der Waals surface area contributed by atoms with Crippen LogP contribution in [0.15, 0.2) is 97.1 Å². The van der Waals surface area contributed by atoms with Gasteiger partial charge in [-0.3, -0.25) is 9.59 Å². The number of aromatic nitrogens is 4. The summed E-state index contributed by atoms with van der Waals surface area (Å²) in [5.41, 5.74) is 5.02. The first kappa shape index (κ1) is 27.3. The van der Waals surface area contributed by atoms with Gasteiger partial charge in [0.25, 0.3) is 11.8 Å². The number of carbonyl (C=O) groups excluding carboxylic acids is 2. The zero-order valence-electron chi connectivity index (χ0n) is 23.5. The van der Waals surface area contributed by atoms with Crippen LogP contribution in [0.25, 0.3) is 21.8 Å². The number of amides is 2. The van der Waals surface area contributed by atoms with Crippen molar-refractivity contribution in [2.75, 3.05) is 10.6 Å². The van der Waals surface area contributed by atoms with Gasteiger partial charge in [0.05, 0.1) is 60.2 Å². The molecule has 0 saturated carbocycles. The molecule has 0 atom stereocenters. The van der Waals surface area contributed by atoms with E-state index in [0.29, 0.717) is 34.2 Å². The lowest BCUT2D eigenvalue weighted by Crippen LogP contribution is -2.17. The van der Waals surface area contributed by atoms with Crippen LogP contribution in [0.5, 0.6) is 0 Å². The number of anilines is 2. The maximum absolute atomic E-state index is 13.0. The summed E-state index contributed by atoms with van der Waals surface area (Å²) in [5, 5.41) is 7.56. The van der Waals surface area contributed by atoms with E-state index in [2.05, 4.69) is 20.6 Å². The summed E-state index contributed by atoms with van der Waals surface area (Å²) in [6.07, 6.45) is 0. The molecular weight excluding hydrogens is 556 g/mol. The van der Waals surface area contributed by atoms with Crippen molar-refractivity contribution in [2.45, 2.75) is 26.4 Å². The maximum atomic E-state index is 13.0. The van der Waals surface area contributed by atoms with Gasteiger partial charge in [-0.05, 0) is 54.6 Å². The van der Waals surface area contributed by atoms with E-state index in [1.807, 2.05) is 48.5 Å². The van der Waals surface area contributed by atoms with Gasteiger partial charge in [0.1, 0.15) is 11.6 Å². The molecule has 1 aliphatic heterocycles. The van der Waals surface area contributed by atoms with E-state index in [1.54, 1.807) is 42.5 Å². The van der Waals surface area contributed by atoms with Crippen LogP contribution in [-0.2, 0) is 35.9 Å². The molecule has 4 aromatic heterocycles. The lowest BCUT2D eigenvalue weighted by molar-refractivity contribution is 0.101. The monoisotopic (exact) mass is 582 g/mol. The van der Waals surface area contributed by atoms with Crippen molar-refractivity contribution in [3.8, 4) is 0 Å². The zero-order chi connectivity index (χ0) is 29.9. The second-order valence-electron chi connectivity index (χ2n) is 10.3. The van der Waals surface area contributed by atoms with Gasteiger partial charge >= 0.3 is 0 Å². The largest absolute Gasteiger partial charge is 0.369 e. The second-order valence-corrected chi connectivity index (χ2v) is 10.3. The maximum Gasteiger partial charge on any atom is 0.256 e. The molecule has 5 heterocycles. The van der Waals surface area contributed by atoms with Crippen LogP contribution in [-0.4, -0.2) is 31.8 Å². The molecule has 10 nitrogen and oxygen atoms in total. The molecule has 0 aliphatic carbocycles. The molecule has 10 bridgehead atoms. The molecule has 0 saturated heterocycles. The standard InChI is InChI=1S/C34H26N6O4/c41-33-23-4-1-5-24(16-23)34(42)40-30-9-3-7-26(36-30)18-44-20-28-15-13-22-11-10-21-12-14-27(37-31(21)32(22)38-28)19-43-17-25-6-2-8-29(35-25)39-33/h1-16H,17-20H2,(H,35,39,41)(H,36,40,42). The Hall–Kier alpha value is -5.58. The van der Waals surface area contributed by atoms with Crippen LogP contribution in [0, 0.1) is 0 Å². The fourth-order valence-electron chi connectivity index (χ4n) is 4.97. The van der Waals surface area contributed by atoms with Gasteiger partial charge in [0.15, 0.2) is 0 Å². The first-order chi connectivity index (χ1) is 21.6. The molecule has 0 radical (unpaired) electrons. The van der Waals surface area contributed by atoms with E-state index in [9.17, 15) is 9.59 Å². The van der Waals surface area contributed by atoms with E-state index in [0.717, 1.165) is 33.2 Å². The highest BCUT2D eigenvalue weighted by Gasteiger charge is 2.14. The first-order valence-corrected chi connectivity index (χ1v) is 14.1. The topological polar surface area (TPSA) is 128 Å². The summed E-state index contributed by atoms with van der Waals surface area (Å²) in [6.45, 7) is 0.995. The number of nitrogens with zero attached hydrogens (tertiary/aromatic N) is 4. The van der Waals surface area contributed by atoms with Crippen molar-refractivity contribution >= 4 is 45.3 Å². The van der Waals surface area contributed by atoms with Crippen LogP contribution in [0.3, 0.4) is 0 Å². The number of ether oxygens (including phenoxy) is 2. The van der Waals surface area contributed by atoms with Crippen LogP contribution >= 0.6 is 0 Å². The molecule has 0 unspecified atom stereocenters. The fourth-order valence-corrected chi connectivity index (χ4v) is 4.97. The predicted molar refractivity (Wildman–Crippen MR) is 165 cm³/mol. The molecule has 0 fully saturated rings. The Labute approximate surface area is 252 Å². The van der Waals surface area contributed by atoms with Crippen molar-refractivity contribution in [1.29, 1.82) is 0 Å². The summed E-state index contributed by atoms with van der Waals surface area (Å²) >= 11 is 0. The van der Waals surface area contributed by atoms with E-state index in [-0.39, 0.29) is 26.4 Å². The molecule has 216 valence electrons. The highest BCUT2D eigenvalue weighted by atomic mass is 16.5. The van der Waals surface area contributed by atoms with E-state index < -0.39 is 11.8 Å². The summed E-state index contributed by atoms with van der Waals surface area (Å²) in [5.74, 6) is -0.0391. The average molecular weight is 583 g/mol. The Morgan fingerprint density at radius 2 is 0.886 bits per heavy atom. The summed E-state index contributed by atoms with van der Waals surface area (Å²) < 4.78 is 11.9. The Bertz CT molecular complexity index is 1910. The quantitative estimate of drug-likeness (QED) is 0.214. The van der Waals surface area contributed by atoms with E-state index in [1.165, 1.54) is 6.07 Å². The van der Waals surface area contributed by atoms with Crippen molar-refractivity contribution in [1.82, 2.24) is 19.9 Å². The van der Waals surface area contributed by atoms with Gasteiger partial charge in [0, 0.05) is 21.9 Å². The Morgan fingerprint density at radius 1 is 0.477 bits per heavy atom. The van der Waals surface area contributed by atoms with Crippen molar-refractivity contribution in [3.05, 3.63) is 131 Å². The van der Waals surface area contributed by atoms with Crippen molar-refractivity contribution in [3.63, 3.8) is 0 Å². The van der Waals surface area contributed by atoms with Gasteiger partial charge in [0.2, 0.25) is 0 Å². The van der Waals surface area contributed by atoms with Gasteiger partial charge in [-0.2, -0.15) is 0 Å². The predicted octanol–water partition coefficient (Wildman–Crippen LogP) is 5.82. The van der Waals surface area contributed by atoms with Gasteiger partial charge < -0.3 is 20.1 Å². The van der Waals surface area contributed by atoms with Crippen LogP contribution in [0.2, 0.25) is 0 Å². The average Bonchev–Trinajstić information content (AvgIpc) is 3.05. The molecular formula is C34H26N6O4. The molecule has 6 aromatic rings. The number of benzene rings is 2. The molecule has 10 heteroatoms. The third kappa shape index (κ3) is 5.98. The smallest absolute Gasteiger partial charge is 0.256 e. The van der Waals surface area contributed by atoms with Crippen LogP contribution in [0.1, 0.15) is 43.5 Å². The molecule has 0 spiro atoms. The number of fused-ring (bicyclic) bond motifs is 8. The summed E-state index contributed by atoms with van der Waals surface area (Å²) in [7, 11) is 0. The minimum atomic E-state index is -0.392. The summed E-state index contributed by atoms with van der Waals surface area (Å²) in [6, 6.07) is 29.1. The molecule has 44 heavy (non-hydrogen) atoms. The van der Waals surface area contributed by atoms with E-state index in [4.69, 9.17) is 19.4 Å². The fraction of sp³-hybridized carbons (Fsp3) is 0.118. The summed E-state index contributed by atoms with van der Waals surface area (Å²) in [4.78, 5) is 44.9. The Morgan fingerprint density at radius 3 is 1.36 bits per heavy atom. The third-order valence-corrected chi connectivity index (χ3v) is 7.12. The number of hydrogen-bond acceptors (Lipinski definition) is 8. The molecule has 2 amide bonds. The molecule has 2 aromatic carbocycles. The Balaban J connectivity index is 1.22. The first-order valence-electron chi connectivity index (χ1n) is 14.1. The number of nitrogens with one attached hydrogen (secondary N) is 2. The second kappa shape index (κ2) is 12.0. The van der Waals surface area contributed by atoms with Crippen LogP contribution < -0.4 is 10.6 Å². The SMILES string of the molecule is O=C1Nc2cccc(n2)COCc2ccc3ccc4ccc(nc4c3n2)COCc2cccc(n2)NC(=O)c2cccc1c2. The molecule has 2 N–H and O–H groups in total. The van der Waals surface area contributed by atoms with Gasteiger partial charge in [-0.1, -0.05) is 42.5 Å². The molecule has 7 rings (SSSR count). The van der Waals surface area contributed by atoms with E-state index >= 15 is 0 Å². The van der Waals surface area contributed by atoms with Crippen molar-refractivity contribution in [2.24, 2.45) is 0 Å². The highest BCUT2D eigenvalue weighted by molar-refractivity contribution is 6.08.